The quantitative estimate of drug-likeness (QED) is 0.382. The van der Waals surface area contributed by atoms with Gasteiger partial charge in [-0.15, -0.1) is 0 Å². The van der Waals surface area contributed by atoms with Gasteiger partial charge in [-0.25, -0.2) is 9.97 Å². The third-order valence-electron chi connectivity index (χ3n) is 8.22. The van der Waals surface area contributed by atoms with E-state index in [1.807, 2.05) is 36.4 Å². The molecule has 2 aliphatic rings. The number of amides is 1. The molecule has 3 heterocycles. The summed E-state index contributed by atoms with van der Waals surface area (Å²) in [7, 11) is 0. The summed E-state index contributed by atoms with van der Waals surface area (Å²) in [5, 5.41) is 11.0. The van der Waals surface area contributed by atoms with E-state index in [9.17, 15) is 14.7 Å². The van der Waals surface area contributed by atoms with Crippen molar-refractivity contribution in [2.45, 2.75) is 63.5 Å². The van der Waals surface area contributed by atoms with E-state index in [0.717, 1.165) is 29.7 Å². The molecule has 1 atom stereocenters. The van der Waals surface area contributed by atoms with E-state index in [-0.39, 0.29) is 28.6 Å². The molecular weight excluding hydrogens is 500 g/mol. The number of carbonyl (C=O) groups is 1. The van der Waals surface area contributed by atoms with Crippen LogP contribution in [0.4, 0.5) is 0 Å². The number of carbonyl (C=O) groups excluding carboxylic acids is 1. The Kier molecular flexibility index (Phi) is 6.42. The van der Waals surface area contributed by atoms with Crippen LogP contribution in [0, 0.1) is 0 Å². The van der Waals surface area contributed by atoms with Crippen LogP contribution < -0.4 is 5.56 Å². The molecule has 0 radical (unpaired) electrons. The summed E-state index contributed by atoms with van der Waals surface area (Å²) < 4.78 is 0. The molecule has 1 unspecified atom stereocenters. The van der Waals surface area contributed by atoms with Gasteiger partial charge < -0.3 is 15.0 Å². The number of H-pyrrole nitrogens is 1. The lowest BCUT2D eigenvalue weighted by molar-refractivity contribution is -0.141. The molecule has 6 rings (SSSR count). The molecular formula is C33H34N4O3. The molecule has 204 valence electrons. The Morgan fingerprint density at radius 1 is 1.00 bits per heavy atom. The zero-order valence-corrected chi connectivity index (χ0v) is 23.1. The van der Waals surface area contributed by atoms with Crippen molar-refractivity contribution in [3.05, 3.63) is 117 Å². The lowest BCUT2D eigenvalue weighted by Crippen LogP contribution is -2.42. The second-order valence-corrected chi connectivity index (χ2v) is 12.0. The van der Waals surface area contributed by atoms with Crippen molar-refractivity contribution in [2.75, 3.05) is 6.54 Å². The van der Waals surface area contributed by atoms with E-state index in [0.29, 0.717) is 30.0 Å². The second kappa shape index (κ2) is 9.82. The van der Waals surface area contributed by atoms with Crippen LogP contribution >= 0.6 is 0 Å². The van der Waals surface area contributed by atoms with E-state index in [2.05, 4.69) is 55.0 Å². The van der Waals surface area contributed by atoms with Gasteiger partial charge in [-0.2, -0.15) is 0 Å². The molecule has 7 nitrogen and oxygen atoms in total. The molecule has 1 amide bonds. The number of aliphatic hydroxyl groups is 1. The molecule has 2 aromatic heterocycles. The maximum absolute atomic E-state index is 13.4. The minimum Gasteiger partial charge on any atom is -0.377 e. The molecule has 1 aliphatic carbocycles. The number of hydrogen-bond donors (Lipinski definition) is 2. The summed E-state index contributed by atoms with van der Waals surface area (Å²) in [6, 6.07) is 23.7. The Bertz CT molecular complexity index is 1630. The molecule has 0 bridgehead atoms. The second-order valence-electron chi connectivity index (χ2n) is 12.0. The number of aromatic nitrogens is 3. The Hall–Kier alpha value is -4.10. The zero-order valence-electron chi connectivity index (χ0n) is 23.1. The average Bonchev–Trinajstić information content (AvgIpc) is 3.79. The summed E-state index contributed by atoms with van der Waals surface area (Å²) in [4.78, 5) is 40.6. The highest BCUT2D eigenvalue weighted by Crippen LogP contribution is 2.52. The Balaban J connectivity index is 1.22. The number of rotatable bonds is 5. The number of benzene rings is 2. The first kappa shape index (κ1) is 26.1. The van der Waals surface area contributed by atoms with E-state index in [4.69, 9.17) is 4.98 Å². The third kappa shape index (κ3) is 4.75. The molecule has 2 N–H and O–H groups in total. The monoisotopic (exact) mass is 534 g/mol. The van der Waals surface area contributed by atoms with Crippen molar-refractivity contribution in [3.8, 4) is 11.3 Å². The minimum atomic E-state index is -1.42. The van der Waals surface area contributed by atoms with Crippen molar-refractivity contribution in [1.29, 1.82) is 0 Å². The van der Waals surface area contributed by atoms with Crippen LogP contribution in [0.3, 0.4) is 0 Å². The zero-order chi connectivity index (χ0) is 28.1. The number of nitrogens with zero attached hydrogens (tertiary/aromatic N) is 3. The van der Waals surface area contributed by atoms with Gasteiger partial charge in [0, 0.05) is 18.5 Å². The normalized spacial score (nSPS) is 16.8. The molecule has 7 heteroatoms. The van der Waals surface area contributed by atoms with Gasteiger partial charge in [0.2, 0.25) is 0 Å². The molecule has 4 aromatic rings. The number of fused-ring (bicyclic) bond motifs is 1. The van der Waals surface area contributed by atoms with Gasteiger partial charge in [-0.3, -0.25) is 9.59 Å². The van der Waals surface area contributed by atoms with Crippen LogP contribution in [0.5, 0.6) is 0 Å². The maximum Gasteiger partial charge on any atom is 0.257 e. The topological polar surface area (TPSA) is 99.2 Å². The van der Waals surface area contributed by atoms with Crippen LogP contribution in [-0.4, -0.2) is 37.4 Å². The number of nitrogens with one attached hydrogen (secondary N) is 1. The van der Waals surface area contributed by atoms with Gasteiger partial charge >= 0.3 is 0 Å². The molecule has 40 heavy (non-hydrogen) atoms. The lowest BCUT2D eigenvalue weighted by Gasteiger charge is -2.30. The molecule has 2 aromatic carbocycles. The number of hydrogen-bond acceptors (Lipinski definition) is 5. The Morgan fingerprint density at radius 2 is 1.75 bits per heavy atom. The highest BCUT2D eigenvalue weighted by molar-refractivity contribution is 5.82. The first-order chi connectivity index (χ1) is 19.2. The SMILES string of the molecule is CC(C)(C)c1cccc(-c2cccc(C(O)C(=O)N3CCc4nc(C5(c6ccccc6)CC5)[nH]c(=O)c4C3)n2)c1. The van der Waals surface area contributed by atoms with Crippen LogP contribution in [0.1, 0.15) is 73.6 Å². The van der Waals surface area contributed by atoms with Gasteiger partial charge in [0.1, 0.15) is 5.82 Å². The predicted molar refractivity (Wildman–Crippen MR) is 154 cm³/mol. The van der Waals surface area contributed by atoms with Gasteiger partial charge in [0.15, 0.2) is 6.10 Å². The molecule has 0 saturated heterocycles. The molecule has 1 aliphatic heterocycles. The van der Waals surface area contributed by atoms with Gasteiger partial charge in [0.25, 0.3) is 11.5 Å². The summed E-state index contributed by atoms with van der Waals surface area (Å²) >= 11 is 0. The largest absolute Gasteiger partial charge is 0.377 e. The predicted octanol–water partition coefficient (Wildman–Crippen LogP) is 4.83. The summed E-state index contributed by atoms with van der Waals surface area (Å²) in [6.07, 6.45) is 0.929. The fraction of sp³-hybridized carbons (Fsp3) is 0.333. The van der Waals surface area contributed by atoms with Gasteiger partial charge in [-0.1, -0.05) is 75.4 Å². The Labute approximate surface area is 234 Å². The van der Waals surface area contributed by atoms with E-state index in [1.54, 1.807) is 12.1 Å². The highest BCUT2D eigenvalue weighted by Gasteiger charge is 2.48. The van der Waals surface area contributed by atoms with Crippen molar-refractivity contribution in [1.82, 2.24) is 19.9 Å². The molecule has 0 spiro atoms. The van der Waals surface area contributed by atoms with Crippen LogP contribution in [0.25, 0.3) is 11.3 Å². The van der Waals surface area contributed by atoms with E-state index in [1.165, 1.54) is 10.5 Å². The minimum absolute atomic E-state index is 0.0120. The summed E-state index contributed by atoms with van der Waals surface area (Å²) in [5.41, 5.74) is 5.01. The summed E-state index contributed by atoms with van der Waals surface area (Å²) in [5.74, 6) is 0.240. The first-order valence-electron chi connectivity index (χ1n) is 13.9. The third-order valence-corrected chi connectivity index (χ3v) is 8.22. The van der Waals surface area contributed by atoms with Gasteiger partial charge in [0.05, 0.1) is 34.6 Å². The van der Waals surface area contributed by atoms with Crippen molar-refractivity contribution in [3.63, 3.8) is 0 Å². The summed E-state index contributed by atoms with van der Waals surface area (Å²) in [6.45, 7) is 6.96. The van der Waals surface area contributed by atoms with Crippen molar-refractivity contribution >= 4 is 5.91 Å². The smallest absolute Gasteiger partial charge is 0.257 e. The van der Waals surface area contributed by atoms with E-state index < -0.39 is 12.0 Å². The van der Waals surface area contributed by atoms with Gasteiger partial charge in [-0.05, 0) is 47.6 Å². The fourth-order valence-corrected chi connectivity index (χ4v) is 5.59. The van der Waals surface area contributed by atoms with Crippen LogP contribution in [0.2, 0.25) is 0 Å². The van der Waals surface area contributed by atoms with E-state index >= 15 is 0 Å². The number of aliphatic hydroxyl groups excluding tert-OH is 1. The molecule has 1 fully saturated rings. The average molecular weight is 535 g/mol. The Morgan fingerprint density at radius 3 is 2.48 bits per heavy atom. The standard InChI is InChI=1S/C33H34N4O3/c1-32(2,3)23-12-7-9-21(19-23)25-13-8-14-27(34-25)28(38)30(40)37-18-15-26-24(20-37)29(39)36-31(35-26)33(16-17-33)22-10-5-4-6-11-22/h4-14,19,28,38H,15-18,20H2,1-3H3,(H,35,36,39). The fourth-order valence-electron chi connectivity index (χ4n) is 5.59. The highest BCUT2D eigenvalue weighted by atomic mass is 16.3. The van der Waals surface area contributed by atoms with Crippen molar-refractivity contribution in [2.24, 2.45) is 0 Å². The van der Waals surface area contributed by atoms with Crippen LogP contribution in [0.15, 0.2) is 77.6 Å². The number of pyridine rings is 1. The molecule has 1 saturated carbocycles. The number of aromatic amines is 1. The maximum atomic E-state index is 13.4. The first-order valence-corrected chi connectivity index (χ1v) is 13.9. The van der Waals surface area contributed by atoms with Crippen molar-refractivity contribution < 1.29 is 9.90 Å². The van der Waals surface area contributed by atoms with Crippen LogP contribution in [-0.2, 0) is 28.6 Å². The lowest BCUT2D eigenvalue weighted by atomic mass is 9.86.